The van der Waals surface area contributed by atoms with Crippen LogP contribution in [0.25, 0.3) is 6.08 Å². The lowest BCUT2D eigenvalue weighted by atomic mass is 10.1. The van der Waals surface area contributed by atoms with E-state index in [1.165, 1.54) is 11.6 Å². The van der Waals surface area contributed by atoms with Gasteiger partial charge in [-0.15, -0.1) is 0 Å². The molecule has 116 valence electrons. The predicted molar refractivity (Wildman–Crippen MR) is 105 cm³/mol. The molecule has 0 bridgehead atoms. The van der Waals surface area contributed by atoms with E-state index < -0.39 is 16.1 Å². The van der Waals surface area contributed by atoms with E-state index in [0.29, 0.717) is 11.1 Å². The number of benzene rings is 1. The second kappa shape index (κ2) is 5.50. The van der Waals surface area contributed by atoms with E-state index in [1.54, 1.807) is 11.1 Å². The molecule has 2 heteroatoms. The molecule has 22 heavy (non-hydrogen) atoms. The molecule has 0 saturated carbocycles. The maximum atomic E-state index is 2.60. The minimum Gasteiger partial charge on any atom is -0.0800 e. The summed E-state index contributed by atoms with van der Waals surface area (Å²) < 4.78 is 0. The highest BCUT2D eigenvalue weighted by Gasteiger charge is 2.40. The van der Waals surface area contributed by atoms with Crippen LogP contribution < -0.4 is 0 Å². The van der Waals surface area contributed by atoms with Crippen LogP contribution in [0.2, 0.25) is 44.3 Å². The van der Waals surface area contributed by atoms with Crippen LogP contribution in [0.3, 0.4) is 0 Å². The Balaban J connectivity index is 1.84. The number of hydrogen-bond acceptors (Lipinski definition) is 0. The minimum absolute atomic E-state index is 0.654. The van der Waals surface area contributed by atoms with Crippen LogP contribution in [-0.4, -0.2) is 16.1 Å². The van der Waals surface area contributed by atoms with Gasteiger partial charge in [0.05, 0.1) is 8.07 Å². The summed E-state index contributed by atoms with van der Waals surface area (Å²) in [5, 5.41) is 0. The monoisotopic (exact) mass is 324 g/mol. The van der Waals surface area contributed by atoms with Crippen LogP contribution in [0.1, 0.15) is 16.7 Å². The van der Waals surface area contributed by atoms with Gasteiger partial charge in [-0.3, -0.25) is 0 Å². The third-order valence-electron chi connectivity index (χ3n) is 5.11. The number of fused-ring (bicyclic) bond motifs is 1. The third-order valence-corrected chi connectivity index (χ3v) is 10.8. The number of rotatable bonds is 4. The molecule has 0 saturated heterocycles. The average Bonchev–Trinajstić information content (AvgIpc) is 3.03. The van der Waals surface area contributed by atoms with Crippen molar-refractivity contribution in [3.63, 3.8) is 0 Å². The zero-order valence-corrected chi connectivity index (χ0v) is 16.6. The SMILES string of the molecule is C[Si](C)(C)CC1=CC([Si](C)(C)C2C=Cc3ccccc32)C=C1. The Morgan fingerprint density at radius 2 is 1.64 bits per heavy atom. The van der Waals surface area contributed by atoms with Crippen molar-refractivity contribution >= 4 is 22.2 Å². The molecule has 2 atom stereocenters. The van der Waals surface area contributed by atoms with Crippen LogP contribution in [0.4, 0.5) is 0 Å². The molecule has 1 aromatic rings. The van der Waals surface area contributed by atoms with Gasteiger partial charge < -0.3 is 0 Å². The Morgan fingerprint density at radius 3 is 2.36 bits per heavy atom. The summed E-state index contributed by atoms with van der Waals surface area (Å²) in [4.78, 5) is 0. The Bertz CT molecular complexity index is 657. The van der Waals surface area contributed by atoms with Gasteiger partial charge in [0.25, 0.3) is 0 Å². The van der Waals surface area contributed by atoms with Crippen molar-refractivity contribution in [1.29, 1.82) is 0 Å². The van der Waals surface area contributed by atoms with Crippen LogP contribution >= 0.6 is 0 Å². The molecule has 0 aromatic heterocycles. The summed E-state index contributed by atoms with van der Waals surface area (Å²) in [5.74, 6) is 0. The number of hydrogen-bond donors (Lipinski definition) is 0. The van der Waals surface area contributed by atoms with Gasteiger partial charge in [-0.25, -0.2) is 0 Å². The first kappa shape index (κ1) is 15.8. The van der Waals surface area contributed by atoms with Crippen molar-refractivity contribution in [2.45, 2.75) is 49.9 Å². The first-order valence-electron chi connectivity index (χ1n) is 8.43. The summed E-state index contributed by atoms with van der Waals surface area (Å²) in [6, 6.07) is 10.3. The fourth-order valence-corrected chi connectivity index (χ4v) is 8.64. The molecular formula is C20H28Si2. The van der Waals surface area contributed by atoms with Gasteiger partial charge in [-0.05, 0) is 28.3 Å². The minimum atomic E-state index is -1.44. The molecule has 0 fully saturated rings. The second-order valence-corrected chi connectivity index (χ2v) is 19.1. The second-order valence-electron chi connectivity index (χ2n) is 8.65. The van der Waals surface area contributed by atoms with Crippen LogP contribution in [0.5, 0.6) is 0 Å². The van der Waals surface area contributed by atoms with Gasteiger partial charge in [-0.2, -0.15) is 0 Å². The van der Waals surface area contributed by atoms with E-state index in [-0.39, 0.29) is 0 Å². The van der Waals surface area contributed by atoms with E-state index >= 15 is 0 Å². The zero-order valence-electron chi connectivity index (χ0n) is 14.6. The molecule has 0 nitrogen and oxygen atoms in total. The van der Waals surface area contributed by atoms with Gasteiger partial charge in [0, 0.05) is 8.07 Å². The fourth-order valence-electron chi connectivity index (χ4n) is 3.87. The maximum absolute atomic E-state index is 2.60. The van der Waals surface area contributed by atoms with Crippen LogP contribution in [0.15, 0.2) is 54.1 Å². The molecule has 2 aliphatic carbocycles. The summed E-state index contributed by atoms with van der Waals surface area (Å²) in [7, 11) is -2.46. The Morgan fingerprint density at radius 1 is 0.909 bits per heavy atom. The molecular weight excluding hydrogens is 296 g/mol. The molecule has 3 rings (SSSR count). The summed E-state index contributed by atoms with van der Waals surface area (Å²) >= 11 is 0. The predicted octanol–water partition coefficient (Wildman–Crippen LogP) is 6.25. The molecule has 0 radical (unpaired) electrons. The van der Waals surface area contributed by atoms with E-state index in [0.717, 1.165) is 0 Å². The highest BCUT2D eigenvalue weighted by molar-refractivity contribution is 6.82. The molecule has 0 spiro atoms. The van der Waals surface area contributed by atoms with Crippen LogP contribution in [-0.2, 0) is 0 Å². The number of allylic oxidation sites excluding steroid dienone is 5. The van der Waals surface area contributed by atoms with E-state index in [4.69, 9.17) is 0 Å². The summed E-state index contributed by atoms with van der Waals surface area (Å²) in [5.41, 5.74) is 5.92. The molecule has 1 aromatic carbocycles. The van der Waals surface area contributed by atoms with Crippen molar-refractivity contribution < 1.29 is 0 Å². The Hall–Kier alpha value is -1.13. The molecule has 0 aliphatic heterocycles. The first-order chi connectivity index (χ1) is 10.3. The van der Waals surface area contributed by atoms with E-state index in [9.17, 15) is 0 Å². The average molecular weight is 325 g/mol. The van der Waals surface area contributed by atoms with Gasteiger partial charge in [0.15, 0.2) is 0 Å². The van der Waals surface area contributed by atoms with Gasteiger partial charge in [-0.1, -0.05) is 93.0 Å². The smallest absolute Gasteiger partial charge is 0.0707 e. The van der Waals surface area contributed by atoms with Crippen LogP contribution in [0, 0.1) is 0 Å². The van der Waals surface area contributed by atoms with Crippen molar-refractivity contribution in [3.8, 4) is 0 Å². The standard InChI is InChI=1S/C20H28Si2/c1-21(2,3)15-16-10-12-18(14-16)22(4,5)20-13-11-17-8-6-7-9-19(17)20/h6-14,18,20H,15H2,1-5H3. The third kappa shape index (κ3) is 2.99. The molecule has 0 N–H and O–H groups in total. The highest BCUT2D eigenvalue weighted by Crippen LogP contribution is 2.45. The molecule has 2 aliphatic rings. The Labute approximate surface area is 137 Å². The van der Waals surface area contributed by atoms with Gasteiger partial charge in [0.1, 0.15) is 0 Å². The zero-order chi connectivity index (χ0) is 16.0. The van der Waals surface area contributed by atoms with Crippen molar-refractivity contribution in [2.24, 2.45) is 0 Å². The maximum Gasteiger partial charge on any atom is 0.0707 e. The molecule has 2 unspecified atom stereocenters. The lowest BCUT2D eigenvalue weighted by molar-refractivity contribution is 1.09. The van der Waals surface area contributed by atoms with E-state index in [2.05, 4.69) is 87.4 Å². The van der Waals surface area contributed by atoms with Gasteiger partial charge >= 0.3 is 0 Å². The molecule has 0 amide bonds. The Kier molecular flexibility index (Phi) is 3.94. The summed E-state index contributed by atoms with van der Waals surface area (Å²) in [6.07, 6.45) is 12.3. The lowest BCUT2D eigenvalue weighted by Gasteiger charge is -2.33. The highest BCUT2D eigenvalue weighted by atomic mass is 28.3. The lowest BCUT2D eigenvalue weighted by Crippen LogP contribution is -2.37. The molecule has 0 heterocycles. The van der Waals surface area contributed by atoms with Crippen molar-refractivity contribution in [1.82, 2.24) is 0 Å². The van der Waals surface area contributed by atoms with Crippen molar-refractivity contribution in [3.05, 3.63) is 65.3 Å². The summed E-state index contributed by atoms with van der Waals surface area (Å²) in [6.45, 7) is 12.5. The first-order valence-corrected chi connectivity index (χ1v) is 15.3. The fraction of sp³-hybridized carbons (Fsp3) is 0.400. The normalized spacial score (nSPS) is 23.8. The topological polar surface area (TPSA) is 0 Å². The quantitative estimate of drug-likeness (QED) is 0.574. The largest absolute Gasteiger partial charge is 0.0800 e. The van der Waals surface area contributed by atoms with E-state index in [1.807, 2.05) is 0 Å². The van der Waals surface area contributed by atoms with Crippen molar-refractivity contribution in [2.75, 3.05) is 0 Å². The van der Waals surface area contributed by atoms with Gasteiger partial charge in [0.2, 0.25) is 0 Å².